The molecule has 2 aromatic carbocycles. The maximum absolute atomic E-state index is 14.0. The number of aromatic amines is 2. The third kappa shape index (κ3) is 4.75. The maximum Gasteiger partial charge on any atom is 0.232 e. The Labute approximate surface area is 237 Å². The zero-order valence-electron chi connectivity index (χ0n) is 22.0. The third-order valence-electron chi connectivity index (χ3n) is 7.27. The first-order chi connectivity index (χ1) is 20.3. The molecule has 1 aliphatic carbocycles. The number of para-hydroxylation sites is 1. The van der Waals surface area contributed by atoms with Gasteiger partial charge >= 0.3 is 0 Å². The Morgan fingerprint density at radius 2 is 1.93 bits per heavy atom. The molecule has 1 fully saturated rings. The average molecular weight is 591 g/mol. The van der Waals surface area contributed by atoms with Crippen molar-refractivity contribution in [3.05, 3.63) is 83.6 Å². The standard InChI is InChI=1S/C29H24F2N6O4S/c30-8-3-9-42(39,40)36-22-12-21-17(10-18(22)16-6-7-16)11-24(34-21)28(38)19-14-33-37-25-15-32-27(13-23(25)35-29(19)37)41-26-5-2-1-4-20(26)31/h1-2,4-5,10-16,34-36H,3,6-9H2. The van der Waals surface area contributed by atoms with Gasteiger partial charge in [0, 0.05) is 17.0 Å². The number of alkyl halides is 1. The summed E-state index contributed by atoms with van der Waals surface area (Å²) in [6, 6.07) is 12.9. The van der Waals surface area contributed by atoms with Crippen LogP contribution in [-0.4, -0.2) is 51.2 Å². The molecule has 0 amide bonds. The first-order valence-corrected chi connectivity index (χ1v) is 15.0. The first kappa shape index (κ1) is 26.1. The number of halogens is 2. The van der Waals surface area contributed by atoms with Gasteiger partial charge in [0.05, 0.1) is 47.3 Å². The lowest BCUT2D eigenvalue weighted by atomic mass is 10.1. The molecule has 4 heterocycles. The predicted octanol–water partition coefficient (Wildman–Crippen LogP) is 5.83. The number of nitrogens with zero attached hydrogens (tertiary/aromatic N) is 3. The number of ketones is 1. The molecule has 1 aliphatic rings. The number of H-pyrrole nitrogens is 2. The molecule has 3 N–H and O–H groups in total. The minimum Gasteiger partial charge on any atom is -0.436 e. The molecule has 0 unspecified atom stereocenters. The molecule has 0 atom stereocenters. The van der Waals surface area contributed by atoms with E-state index in [1.165, 1.54) is 24.5 Å². The summed E-state index contributed by atoms with van der Waals surface area (Å²) >= 11 is 0. The number of anilines is 1. The Kier molecular flexibility index (Phi) is 6.19. The van der Waals surface area contributed by atoms with Crippen molar-refractivity contribution >= 4 is 49.1 Å². The van der Waals surface area contributed by atoms with Gasteiger partial charge in [-0.2, -0.15) is 5.10 Å². The minimum absolute atomic E-state index is 0.0379. The van der Waals surface area contributed by atoms with Crippen molar-refractivity contribution in [2.75, 3.05) is 17.1 Å². The number of aromatic nitrogens is 5. The molecule has 13 heteroatoms. The molecule has 214 valence electrons. The Morgan fingerprint density at radius 1 is 1.10 bits per heavy atom. The normalized spacial score (nSPS) is 13.8. The quantitative estimate of drug-likeness (QED) is 0.172. The van der Waals surface area contributed by atoms with Gasteiger partial charge in [-0.05, 0) is 61.1 Å². The van der Waals surface area contributed by atoms with E-state index < -0.39 is 22.5 Å². The zero-order valence-corrected chi connectivity index (χ0v) is 22.8. The number of rotatable bonds is 10. The number of nitrogens with one attached hydrogen (secondary N) is 3. The lowest BCUT2D eigenvalue weighted by Gasteiger charge is -2.12. The summed E-state index contributed by atoms with van der Waals surface area (Å²) in [5.41, 5.74) is 4.12. The highest BCUT2D eigenvalue weighted by Gasteiger charge is 2.29. The van der Waals surface area contributed by atoms with E-state index in [0.717, 1.165) is 23.8 Å². The zero-order chi connectivity index (χ0) is 29.0. The molecule has 0 bridgehead atoms. The molecule has 42 heavy (non-hydrogen) atoms. The van der Waals surface area contributed by atoms with E-state index in [1.54, 1.807) is 34.8 Å². The van der Waals surface area contributed by atoms with Crippen molar-refractivity contribution in [1.82, 2.24) is 24.6 Å². The lowest BCUT2D eigenvalue weighted by Crippen LogP contribution is -2.18. The highest BCUT2D eigenvalue weighted by Crippen LogP contribution is 2.45. The van der Waals surface area contributed by atoms with E-state index in [4.69, 9.17) is 4.74 Å². The molecule has 0 radical (unpaired) electrons. The molecule has 4 aromatic heterocycles. The van der Waals surface area contributed by atoms with E-state index in [1.807, 2.05) is 6.07 Å². The third-order valence-corrected chi connectivity index (χ3v) is 8.63. The van der Waals surface area contributed by atoms with Crippen molar-refractivity contribution in [2.24, 2.45) is 0 Å². The summed E-state index contributed by atoms with van der Waals surface area (Å²) in [4.78, 5) is 24.2. The summed E-state index contributed by atoms with van der Waals surface area (Å²) in [5, 5.41) is 5.14. The van der Waals surface area contributed by atoms with Gasteiger partial charge < -0.3 is 14.7 Å². The Bertz CT molecular complexity index is 2110. The number of hydrogen-bond acceptors (Lipinski definition) is 6. The summed E-state index contributed by atoms with van der Waals surface area (Å²) in [6.07, 6.45) is 4.79. The van der Waals surface area contributed by atoms with Gasteiger partial charge in [0.1, 0.15) is 11.2 Å². The highest BCUT2D eigenvalue weighted by molar-refractivity contribution is 7.92. The van der Waals surface area contributed by atoms with E-state index >= 15 is 0 Å². The van der Waals surface area contributed by atoms with Gasteiger partial charge in [0.15, 0.2) is 11.6 Å². The summed E-state index contributed by atoms with van der Waals surface area (Å²) in [7, 11) is -3.72. The molecule has 0 spiro atoms. The van der Waals surface area contributed by atoms with Gasteiger partial charge in [0.2, 0.25) is 21.7 Å². The predicted molar refractivity (Wildman–Crippen MR) is 153 cm³/mol. The van der Waals surface area contributed by atoms with Crippen LogP contribution in [0.25, 0.3) is 27.6 Å². The number of imidazole rings is 1. The summed E-state index contributed by atoms with van der Waals surface area (Å²) in [5.74, 6) is -0.711. The van der Waals surface area contributed by atoms with Gasteiger partial charge in [-0.3, -0.25) is 13.9 Å². The second kappa shape index (κ2) is 9.94. The highest BCUT2D eigenvalue weighted by atomic mass is 32.2. The van der Waals surface area contributed by atoms with Crippen molar-refractivity contribution in [1.29, 1.82) is 0 Å². The fourth-order valence-electron chi connectivity index (χ4n) is 5.09. The number of sulfonamides is 1. The largest absolute Gasteiger partial charge is 0.436 e. The van der Waals surface area contributed by atoms with E-state index in [-0.39, 0.29) is 35.5 Å². The minimum atomic E-state index is -3.72. The fraction of sp³-hybridized carbons (Fsp3) is 0.207. The van der Waals surface area contributed by atoms with Gasteiger partial charge in [0.25, 0.3) is 0 Å². The Morgan fingerprint density at radius 3 is 2.71 bits per heavy atom. The molecule has 10 nitrogen and oxygen atoms in total. The van der Waals surface area contributed by atoms with Crippen LogP contribution in [0.3, 0.4) is 0 Å². The first-order valence-electron chi connectivity index (χ1n) is 13.4. The van der Waals surface area contributed by atoms with E-state index in [9.17, 15) is 22.0 Å². The van der Waals surface area contributed by atoms with Gasteiger partial charge in [-0.1, -0.05) is 12.1 Å². The average Bonchev–Trinajstić information content (AvgIpc) is 3.44. The molecular weight excluding hydrogens is 566 g/mol. The van der Waals surface area contributed by atoms with Crippen LogP contribution in [0.2, 0.25) is 0 Å². The van der Waals surface area contributed by atoms with Crippen LogP contribution in [-0.2, 0) is 10.0 Å². The smallest absolute Gasteiger partial charge is 0.232 e. The molecule has 7 rings (SSSR count). The number of hydrogen-bond donors (Lipinski definition) is 3. The van der Waals surface area contributed by atoms with E-state index in [0.29, 0.717) is 39.1 Å². The van der Waals surface area contributed by atoms with E-state index in [2.05, 4.69) is 24.8 Å². The molecule has 0 aliphatic heterocycles. The fourth-order valence-corrected chi connectivity index (χ4v) is 6.19. The lowest BCUT2D eigenvalue weighted by molar-refractivity contribution is 0.103. The molecule has 0 saturated heterocycles. The number of fused-ring (bicyclic) bond motifs is 4. The SMILES string of the molecule is O=C(c1cc2cc(C3CC3)c(NS(=O)(=O)CCCF)cc2[nH]1)c1cnn2c1[nH]c1cc(Oc3ccccc3F)ncc12. The van der Waals surface area contributed by atoms with Gasteiger partial charge in [-0.15, -0.1) is 0 Å². The monoisotopic (exact) mass is 590 g/mol. The Hall–Kier alpha value is -4.78. The van der Waals surface area contributed by atoms with Crippen LogP contribution in [0, 0.1) is 5.82 Å². The molecular formula is C29H24F2N6O4S. The topological polar surface area (TPSA) is 134 Å². The Balaban J connectivity index is 1.21. The molecule has 1 saturated carbocycles. The van der Waals surface area contributed by atoms with Crippen LogP contribution < -0.4 is 9.46 Å². The van der Waals surface area contributed by atoms with Crippen LogP contribution in [0.4, 0.5) is 14.5 Å². The number of carbonyl (C=O) groups excluding carboxylic acids is 1. The summed E-state index contributed by atoms with van der Waals surface area (Å²) in [6.45, 7) is -0.713. The second-order valence-corrected chi connectivity index (χ2v) is 12.1. The number of ether oxygens (including phenoxy) is 1. The van der Waals surface area contributed by atoms with Crippen molar-refractivity contribution in [3.8, 4) is 11.6 Å². The molecule has 6 aromatic rings. The second-order valence-electron chi connectivity index (χ2n) is 10.3. The van der Waals surface area contributed by atoms with Crippen LogP contribution in [0.5, 0.6) is 11.6 Å². The number of benzene rings is 2. The van der Waals surface area contributed by atoms with Gasteiger partial charge in [-0.25, -0.2) is 22.3 Å². The number of carbonyl (C=O) groups is 1. The van der Waals surface area contributed by atoms with Crippen LogP contribution >= 0.6 is 0 Å². The van der Waals surface area contributed by atoms with Crippen LogP contribution in [0.1, 0.15) is 46.8 Å². The summed E-state index contributed by atoms with van der Waals surface area (Å²) < 4.78 is 61.4. The number of pyridine rings is 1. The maximum atomic E-state index is 14.0. The van der Waals surface area contributed by atoms with Crippen molar-refractivity contribution in [3.63, 3.8) is 0 Å². The van der Waals surface area contributed by atoms with Crippen LogP contribution in [0.15, 0.2) is 60.9 Å². The van der Waals surface area contributed by atoms with Crippen molar-refractivity contribution in [2.45, 2.75) is 25.2 Å². The van der Waals surface area contributed by atoms with Crippen molar-refractivity contribution < 1.29 is 26.7 Å².